The molecule has 7 nitrogen and oxygen atoms in total. The van der Waals surface area contributed by atoms with Gasteiger partial charge in [-0.15, -0.1) is 0 Å². The number of aliphatic carboxylic acids is 1. The summed E-state index contributed by atoms with van der Waals surface area (Å²) in [7, 11) is 0. The van der Waals surface area contributed by atoms with Gasteiger partial charge in [0.25, 0.3) is 11.1 Å². The van der Waals surface area contributed by atoms with Crippen LogP contribution in [-0.2, 0) is 20.8 Å². The molecule has 126 valence electrons. The van der Waals surface area contributed by atoms with Crippen LogP contribution in [-0.4, -0.2) is 41.0 Å². The molecular weight excluding hydrogens is 332 g/mol. The topological polar surface area (TPSA) is 107 Å². The van der Waals surface area contributed by atoms with Crippen LogP contribution >= 0.6 is 11.8 Å². The molecule has 1 heterocycles. The Morgan fingerprint density at radius 3 is 2.50 bits per heavy atom. The van der Waals surface area contributed by atoms with Gasteiger partial charge < -0.3 is 15.2 Å². The molecule has 24 heavy (non-hydrogen) atoms. The molecule has 1 N–H and O–H groups in total. The molecule has 0 saturated carbocycles. The van der Waals surface area contributed by atoms with Crippen molar-refractivity contribution in [2.24, 2.45) is 0 Å². The lowest BCUT2D eigenvalue weighted by molar-refractivity contribution is -0.304. The van der Waals surface area contributed by atoms with Crippen molar-refractivity contribution in [3.05, 3.63) is 40.3 Å². The summed E-state index contributed by atoms with van der Waals surface area (Å²) in [6.07, 6.45) is 2.49. The van der Waals surface area contributed by atoms with Gasteiger partial charge in [-0.3, -0.25) is 19.3 Å². The molecule has 0 atom stereocenters. The molecule has 1 aliphatic rings. The average Bonchev–Trinajstić information content (AvgIpc) is 2.81. The number of rotatable bonds is 6. The second-order valence-corrected chi connectivity index (χ2v) is 6.00. The number of hydrogen-bond acceptors (Lipinski definition) is 6. The molecule has 0 spiro atoms. The maximum atomic E-state index is 12.2. The van der Waals surface area contributed by atoms with E-state index in [1.54, 1.807) is 6.08 Å². The second-order valence-electron chi connectivity index (χ2n) is 5.01. The van der Waals surface area contributed by atoms with E-state index in [9.17, 15) is 24.3 Å². The summed E-state index contributed by atoms with van der Waals surface area (Å²) in [5.41, 5.74) is 1.93. The van der Waals surface area contributed by atoms with Crippen molar-refractivity contribution in [2.45, 2.75) is 13.3 Å². The highest BCUT2D eigenvalue weighted by Crippen LogP contribution is 2.31. The van der Waals surface area contributed by atoms with E-state index in [1.165, 1.54) is 0 Å². The van der Waals surface area contributed by atoms with Crippen molar-refractivity contribution in [2.75, 3.05) is 13.1 Å². The van der Waals surface area contributed by atoms with Crippen LogP contribution in [0.2, 0.25) is 0 Å². The van der Waals surface area contributed by atoms with Gasteiger partial charge in [-0.25, -0.2) is 0 Å². The van der Waals surface area contributed by atoms with Crippen molar-refractivity contribution in [3.63, 3.8) is 0 Å². The maximum absolute atomic E-state index is 12.2. The van der Waals surface area contributed by atoms with Gasteiger partial charge in [0, 0.05) is 0 Å². The molecule has 1 aromatic carbocycles. The number of imide groups is 1. The molecule has 1 saturated heterocycles. The zero-order valence-corrected chi connectivity index (χ0v) is 13.7. The summed E-state index contributed by atoms with van der Waals surface area (Å²) in [4.78, 5) is 46.9. The third-order valence-electron chi connectivity index (χ3n) is 3.29. The number of carboxylic acids is 1. The van der Waals surface area contributed by atoms with Crippen molar-refractivity contribution < 1.29 is 24.3 Å². The molecule has 1 aliphatic heterocycles. The third-order valence-corrected chi connectivity index (χ3v) is 4.20. The zero-order chi connectivity index (χ0) is 17.7. The number of carboxylic acid groups (broad SMARTS) is 1. The Balaban J connectivity index is 2.05. The smallest absolute Gasteiger partial charge is 0.294 e. The first-order chi connectivity index (χ1) is 11.4. The van der Waals surface area contributed by atoms with Gasteiger partial charge in [0.15, 0.2) is 0 Å². The lowest BCUT2D eigenvalue weighted by Crippen LogP contribution is -2.43. The van der Waals surface area contributed by atoms with Gasteiger partial charge in [-0.1, -0.05) is 31.2 Å². The molecule has 2 rings (SSSR count). The van der Waals surface area contributed by atoms with Crippen LogP contribution in [0.1, 0.15) is 18.1 Å². The third kappa shape index (κ3) is 4.45. The summed E-state index contributed by atoms with van der Waals surface area (Å²) >= 11 is 0.743. The first-order valence-corrected chi connectivity index (χ1v) is 8.03. The number of nitrogens with one attached hydrogen (secondary N) is 1. The second kappa shape index (κ2) is 7.78. The number of carbonyl (C=O) groups is 4. The van der Waals surface area contributed by atoms with E-state index in [4.69, 9.17) is 0 Å². The average molecular weight is 347 g/mol. The van der Waals surface area contributed by atoms with Crippen LogP contribution in [0.15, 0.2) is 29.2 Å². The van der Waals surface area contributed by atoms with Crippen molar-refractivity contribution in [3.8, 4) is 0 Å². The monoisotopic (exact) mass is 347 g/mol. The molecule has 0 aliphatic carbocycles. The standard InChI is InChI=1S/C16H16N2O5S/c1-2-10-3-5-11(6-4-10)7-12-15(22)18(16(23)24-12)9-13(19)17-8-14(20)21/h3-7H,2,8-9H2,1H3,(H,17,19)(H,20,21)/p-1. The highest BCUT2D eigenvalue weighted by Gasteiger charge is 2.36. The van der Waals surface area contributed by atoms with Gasteiger partial charge in [-0.05, 0) is 35.4 Å². The predicted molar refractivity (Wildman–Crippen MR) is 86.5 cm³/mol. The zero-order valence-electron chi connectivity index (χ0n) is 12.9. The van der Waals surface area contributed by atoms with Gasteiger partial charge >= 0.3 is 0 Å². The van der Waals surface area contributed by atoms with Gasteiger partial charge in [0.1, 0.15) is 6.54 Å². The molecule has 1 fully saturated rings. The van der Waals surface area contributed by atoms with Crippen LogP contribution in [0.5, 0.6) is 0 Å². The number of nitrogens with zero attached hydrogens (tertiary/aromatic N) is 1. The molecule has 3 amide bonds. The summed E-state index contributed by atoms with van der Waals surface area (Å²) in [5, 5.41) is 11.8. The lowest BCUT2D eigenvalue weighted by Gasteiger charge is -2.12. The molecule has 0 aromatic heterocycles. The lowest BCUT2D eigenvalue weighted by atomic mass is 10.1. The van der Waals surface area contributed by atoms with Gasteiger partial charge in [0.05, 0.1) is 17.4 Å². The Hall–Kier alpha value is -2.61. The first-order valence-electron chi connectivity index (χ1n) is 7.21. The SMILES string of the molecule is CCc1ccc(C=C2SC(=O)N(CC(=O)NCC(=O)[O-])C2=O)cc1. The molecule has 1 aromatic rings. The summed E-state index contributed by atoms with van der Waals surface area (Å²) in [5.74, 6) is -2.77. The minimum Gasteiger partial charge on any atom is -0.548 e. The molecule has 0 unspecified atom stereocenters. The number of hydrogen-bond donors (Lipinski definition) is 1. The number of amides is 3. The first kappa shape index (κ1) is 17.7. The van der Waals surface area contributed by atoms with E-state index in [1.807, 2.05) is 31.2 Å². The van der Waals surface area contributed by atoms with E-state index in [-0.39, 0.29) is 4.91 Å². The predicted octanol–water partition coefficient (Wildman–Crippen LogP) is 0.151. The van der Waals surface area contributed by atoms with Crippen LogP contribution in [0.4, 0.5) is 4.79 Å². The normalized spacial score (nSPS) is 15.9. The van der Waals surface area contributed by atoms with Crippen LogP contribution < -0.4 is 10.4 Å². The van der Waals surface area contributed by atoms with Crippen LogP contribution in [0.25, 0.3) is 6.08 Å². The van der Waals surface area contributed by atoms with Crippen molar-refractivity contribution in [1.29, 1.82) is 0 Å². The Morgan fingerprint density at radius 1 is 1.25 bits per heavy atom. The van der Waals surface area contributed by atoms with E-state index < -0.39 is 36.1 Å². The minimum atomic E-state index is -1.45. The van der Waals surface area contributed by atoms with Crippen LogP contribution in [0.3, 0.4) is 0 Å². The van der Waals surface area contributed by atoms with Gasteiger partial charge in [0.2, 0.25) is 5.91 Å². The number of benzene rings is 1. The Morgan fingerprint density at radius 2 is 1.92 bits per heavy atom. The molecule has 8 heteroatoms. The molecular formula is C16H15N2O5S-. The van der Waals surface area contributed by atoms with E-state index in [2.05, 4.69) is 5.32 Å². The summed E-state index contributed by atoms with van der Waals surface area (Å²) < 4.78 is 0. The van der Waals surface area contributed by atoms with E-state index in [0.717, 1.165) is 34.2 Å². The Kier molecular flexibility index (Phi) is 5.75. The fraction of sp³-hybridized carbons (Fsp3) is 0.250. The van der Waals surface area contributed by atoms with E-state index in [0.29, 0.717) is 0 Å². The fourth-order valence-electron chi connectivity index (χ4n) is 2.01. The van der Waals surface area contributed by atoms with Crippen molar-refractivity contribution in [1.82, 2.24) is 10.2 Å². The molecule has 0 radical (unpaired) electrons. The van der Waals surface area contributed by atoms with Crippen LogP contribution in [0, 0.1) is 0 Å². The highest BCUT2D eigenvalue weighted by molar-refractivity contribution is 8.18. The summed E-state index contributed by atoms with van der Waals surface area (Å²) in [6, 6.07) is 7.56. The number of carbonyl (C=O) groups excluding carboxylic acids is 4. The van der Waals surface area contributed by atoms with Gasteiger partial charge in [-0.2, -0.15) is 0 Å². The summed E-state index contributed by atoms with van der Waals surface area (Å²) in [6.45, 7) is 0.838. The maximum Gasteiger partial charge on any atom is 0.294 e. The fourth-order valence-corrected chi connectivity index (χ4v) is 2.85. The minimum absolute atomic E-state index is 0.219. The molecule has 0 bridgehead atoms. The Labute approximate surface area is 142 Å². The van der Waals surface area contributed by atoms with Crippen molar-refractivity contribution >= 4 is 40.9 Å². The Bertz CT molecular complexity index is 712. The largest absolute Gasteiger partial charge is 0.548 e. The van der Waals surface area contributed by atoms with E-state index >= 15 is 0 Å². The number of thioether (sulfide) groups is 1. The highest BCUT2D eigenvalue weighted by atomic mass is 32.2. The quantitative estimate of drug-likeness (QED) is 0.734. The number of aryl methyl sites for hydroxylation is 1.